The molecule has 0 radical (unpaired) electrons. The number of hydrogen-bond acceptors (Lipinski definition) is 5. The molecule has 118 valence electrons. The molecule has 0 spiro atoms. The highest BCUT2D eigenvalue weighted by molar-refractivity contribution is 5.92. The number of H-pyrrole nitrogens is 1. The van der Waals surface area contributed by atoms with Gasteiger partial charge in [0.2, 0.25) is 0 Å². The number of nitrogens with zero attached hydrogens (tertiary/aromatic N) is 2. The summed E-state index contributed by atoms with van der Waals surface area (Å²) in [6, 6.07) is 4.06. The molecule has 1 unspecified atom stereocenters. The second-order valence-corrected chi connectivity index (χ2v) is 4.96. The van der Waals surface area contributed by atoms with Crippen LogP contribution in [-0.4, -0.2) is 20.5 Å². The van der Waals surface area contributed by atoms with Crippen LogP contribution in [0.1, 0.15) is 17.2 Å². The first-order valence-corrected chi connectivity index (χ1v) is 6.53. The zero-order valence-electron chi connectivity index (χ0n) is 11.8. The number of fused-ring (bicyclic) bond motifs is 1. The van der Waals surface area contributed by atoms with Gasteiger partial charge in [-0.2, -0.15) is 0 Å². The number of nitro benzene ring substituents is 1. The molecule has 0 aliphatic carbocycles. The number of nitrogens with one attached hydrogen (secondary N) is 3. The number of non-ortho nitro benzene ring substituents is 1. The topological polar surface area (TPSA) is 139 Å². The van der Waals surface area contributed by atoms with E-state index in [9.17, 15) is 24.5 Å². The minimum Gasteiger partial charge on any atom is -0.327 e. The Morgan fingerprint density at radius 3 is 2.70 bits per heavy atom. The molecule has 0 saturated carbocycles. The van der Waals surface area contributed by atoms with E-state index in [1.165, 1.54) is 25.2 Å². The highest BCUT2D eigenvalue weighted by Crippen LogP contribution is 2.29. The van der Waals surface area contributed by atoms with Crippen molar-refractivity contribution in [2.24, 2.45) is 7.05 Å². The molecule has 1 aromatic heterocycles. The lowest BCUT2D eigenvalue weighted by Gasteiger charge is -2.27. The maximum atomic E-state index is 12.2. The Morgan fingerprint density at radius 1 is 1.26 bits per heavy atom. The number of carbonyl (C=O) groups is 1. The van der Waals surface area contributed by atoms with Crippen LogP contribution in [0.15, 0.2) is 33.9 Å². The minimum atomic E-state index is -0.908. The van der Waals surface area contributed by atoms with Crippen LogP contribution in [-0.2, 0) is 7.05 Å². The molecule has 10 heteroatoms. The monoisotopic (exact) mass is 317 g/mol. The Hall–Kier alpha value is -3.43. The summed E-state index contributed by atoms with van der Waals surface area (Å²) in [5.74, 6) is 0.0546. The molecule has 2 aromatic rings. The molecule has 0 saturated heterocycles. The maximum Gasteiger partial charge on any atom is 0.329 e. The van der Waals surface area contributed by atoms with Crippen molar-refractivity contribution in [2.45, 2.75) is 6.04 Å². The molecule has 3 rings (SSSR count). The van der Waals surface area contributed by atoms with Crippen LogP contribution in [0.3, 0.4) is 0 Å². The second kappa shape index (κ2) is 5.09. The van der Waals surface area contributed by atoms with E-state index in [0.717, 1.165) is 4.57 Å². The van der Waals surface area contributed by atoms with E-state index in [1.54, 1.807) is 6.07 Å². The molecule has 2 amide bonds. The zero-order valence-corrected chi connectivity index (χ0v) is 11.8. The number of aromatic amines is 1. The Bertz CT molecular complexity index is 945. The van der Waals surface area contributed by atoms with Crippen molar-refractivity contribution >= 4 is 17.5 Å². The molecule has 1 aliphatic heterocycles. The fourth-order valence-corrected chi connectivity index (χ4v) is 2.47. The number of aromatic nitrogens is 2. The van der Waals surface area contributed by atoms with E-state index >= 15 is 0 Å². The Morgan fingerprint density at radius 2 is 2.00 bits per heavy atom. The highest BCUT2D eigenvalue weighted by atomic mass is 16.6. The van der Waals surface area contributed by atoms with Gasteiger partial charge in [0.15, 0.2) is 0 Å². The summed E-state index contributed by atoms with van der Waals surface area (Å²) >= 11 is 0. The minimum absolute atomic E-state index is 0.0546. The van der Waals surface area contributed by atoms with Crippen molar-refractivity contribution in [2.75, 3.05) is 5.32 Å². The van der Waals surface area contributed by atoms with Crippen LogP contribution < -0.4 is 21.9 Å². The van der Waals surface area contributed by atoms with E-state index in [2.05, 4.69) is 15.6 Å². The zero-order chi connectivity index (χ0) is 16.7. The lowest BCUT2D eigenvalue weighted by molar-refractivity contribution is -0.384. The van der Waals surface area contributed by atoms with Gasteiger partial charge in [0.1, 0.15) is 5.82 Å². The number of hydrogen-bond donors (Lipinski definition) is 3. The third kappa shape index (κ3) is 2.35. The second-order valence-electron chi connectivity index (χ2n) is 4.96. The molecule has 1 aliphatic rings. The Balaban J connectivity index is 2.24. The molecular weight excluding hydrogens is 306 g/mol. The summed E-state index contributed by atoms with van der Waals surface area (Å²) in [6.07, 6.45) is 0. The molecule has 10 nitrogen and oxygen atoms in total. The first-order valence-electron chi connectivity index (χ1n) is 6.53. The van der Waals surface area contributed by atoms with Gasteiger partial charge in [-0.15, -0.1) is 0 Å². The first-order chi connectivity index (χ1) is 10.9. The summed E-state index contributed by atoms with van der Waals surface area (Å²) in [5.41, 5.74) is -1.05. The molecule has 0 fully saturated rings. The van der Waals surface area contributed by atoms with E-state index in [1.807, 2.05) is 0 Å². The SMILES string of the molecule is Cn1c2c(c(=O)[nH]c1=O)C(c1cccc([N+](=O)[O-])c1)NC(=O)N2. The molecule has 2 heterocycles. The average Bonchev–Trinajstić information content (AvgIpc) is 2.52. The predicted octanol–water partition coefficient (Wildman–Crippen LogP) is 0.206. The Kier molecular flexibility index (Phi) is 3.21. The number of anilines is 1. The molecular formula is C13H11N5O5. The van der Waals surface area contributed by atoms with Crippen molar-refractivity contribution in [1.82, 2.24) is 14.9 Å². The number of amides is 2. The lowest BCUT2D eigenvalue weighted by Crippen LogP contribution is -2.46. The summed E-state index contributed by atoms with van der Waals surface area (Å²) in [7, 11) is 1.40. The van der Waals surface area contributed by atoms with Gasteiger partial charge in [-0.1, -0.05) is 12.1 Å². The van der Waals surface area contributed by atoms with E-state index < -0.39 is 28.2 Å². The maximum absolute atomic E-state index is 12.2. The van der Waals surface area contributed by atoms with Gasteiger partial charge in [0, 0.05) is 19.2 Å². The van der Waals surface area contributed by atoms with Gasteiger partial charge >= 0.3 is 11.7 Å². The van der Waals surface area contributed by atoms with Gasteiger partial charge in [-0.05, 0) is 5.56 Å². The molecule has 1 aromatic carbocycles. The quantitative estimate of drug-likeness (QED) is 0.536. The summed E-state index contributed by atoms with van der Waals surface area (Å²) < 4.78 is 1.10. The lowest BCUT2D eigenvalue weighted by atomic mass is 9.98. The van der Waals surface area contributed by atoms with Gasteiger partial charge in [0.05, 0.1) is 16.5 Å². The summed E-state index contributed by atoms with van der Waals surface area (Å²) in [4.78, 5) is 48.1. The van der Waals surface area contributed by atoms with Crippen LogP contribution in [0.4, 0.5) is 16.3 Å². The van der Waals surface area contributed by atoms with Gasteiger partial charge in [-0.3, -0.25) is 29.8 Å². The van der Waals surface area contributed by atoms with Gasteiger partial charge in [-0.25, -0.2) is 9.59 Å². The number of benzene rings is 1. The van der Waals surface area contributed by atoms with Gasteiger partial charge in [0.25, 0.3) is 11.2 Å². The predicted molar refractivity (Wildman–Crippen MR) is 79.4 cm³/mol. The third-order valence-corrected chi connectivity index (χ3v) is 3.57. The standard InChI is InChI=1S/C13H11N5O5/c1-17-10-8(11(19)16-13(17)21)9(14-12(20)15-10)6-3-2-4-7(5-6)18(22)23/h2-5,9H,1H3,(H2,14,15,20)(H,16,19,21). The molecule has 1 atom stereocenters. The van der Waals surface area contributed by atoms with Crippen LogP contribution in [0.2, 0.25) is 0 Å². The first kappa shape index (κ1) is 14.5. The fourth-order valence-electron chi connectivity index (χ4n) is 2.47. The number of rotatable bonds is 2. The molecule has 23 heavy (non-hydrogen) atoms. The van der Waals surface area contributed by atoms with Gasteiger partial charge < -0.3 is 5.32 Å². The number of urea groups is 1. The van der Waals surface area contributed by atoms with Crippen molar-refractivity contribution < 1.29 is 9.72 Å². The van der Waals surface area contributed by atoms with Crippen molar-refractivity contribution in [3.8, 4) is 0 Å². The largest absolute Gasteiger partial charge is 0.329 e. The third-order valence-electron chi connectivity index (χ3n) is 3.57. The van der Waals surface area contributed by atoms with Crippen molar-refractivity contribution in [3.63, 3.8) is 0 Å². The van der Waals surface area contributed by atoms with E-state index in [4.69, 9.17) is 0 Å². The fraction of sp³-hybridized carbons (Fsp3) is 0.154. The smallest absolute Gasteiger partial charge is 0.327 e. The normalized spacial score (nSPS) is 16.2. The van der Waals surface area contributed by atoms with Crippen LogP contribution in [0.25, 0.3) is 0 Å². The molecule has 0 bridgehead atoms. The number of carbonyl (C=O) groups excluding carboxylic acids is 1. The van der Waals surface area contributed by atoms with Crippen LogP contribution in [0, 0.1) is 10.1 Å². The van der Waals surface area contributed by atoms with E-state index in [-0.39, 0.29) is 17.1 Å². The van der Waals surface area contributed by atoms with E-state index in [0.29, 0.717) is 5.56 Å². The summed E-state index contributed by atoms with van der Waals surface area (Å²) in [6.45, 7) is 0. The Labute approximate surface area is 127 Å². The van der Waals surface area contributed by atoms with Crippen LogP contribution in [0.5, 0.6) is 0 Å². The average molecular weight is 317 g/mol. The van der Waals surface area contributed by atoms with Crippen molar-refractivity contribution in [3.05, 3.63) is 66.3 Å². The highest BCUT2D eigenvalue weighted by Gasteiger charge is 2.31. The molecule has 3 N–H and O–H groups in total. The van der Waals surface area contributed by atoms with Crippen LogP contribution >= 0.6 is 0 Å². The number of nitro groups is 1. The van der Waals surface area contributed by atoms with Crippen molar-refractivity contribution in [1.29, 1.82) is 0 Å². The summed E-state index contributed by atoms with van der Waals surface area (Å²) in [5, 5.41) is 15.8.